The van der Waals surface area contributed by atoms with Gasteiger partial charge in [-0.2, -0.15) is 0 Å². The minimum absolute atomic E-state index is 0.162. The summed E-state index contributed by atoms with van der Waals surface area (Å²) in [7, 11) is 5.33. The van der Waals surface area contributed by atoms with Crippen LogP contribution >= 0.6 is 0 Å². The van der Waals surface area contributed by atoms with Crippen molar-refractivity contribution >= 4 is 11.9 Å². The van der Waals surface area contributed by atoms with Crippen LogP contribution in [0.5, 0.6) is 0 Å². The quantitative estimate of drug-likeness (QED) is 0.281. The molecule has 4 rings (SSSR count). The van der Waals surface area contributed by atoms with E-state index in [2.05, 4.69) is 0 Å². The number of fused-ring (bicyclic) bond motifs is 2. The van der Waals surface area contributed by atoms with Crippen molar-refractivity contribution in [1.29, 1.82) is 0 Å². The second kappa shape index (κ2) is 16.1. The van der Waals surface area contributed by atoms with Crippen LogP contribution in [0.3, 0.4) is 0 Å². The fraction of sp³-hybridized carbons (Fsp3) is 0.946. The van der Waals surface area contributed by atoms with Crippen molar-refractivity contribution < 1.29 is 58.4 Å². The molecule has 4 aliphatic rings. The Bertz CT molecular complexity index is 1220. The summed E-state index contributed by atoms with van der Waals surface area (Å²) in [5.41, 5.74) is -4.01. The zero-order valence-corrected chi connectivity index (χ0v) is 32.9. The fourth-order valence-corrected chi connectivity index (χ4v) is 8.63. The highest BCUT2D eigenvalue weighted by molar-refractivity contribution is 5.80. The smallest absolute Gasteiger partial charge is 0.311 e. The summed E-state index contributed by atoms with van der Waals surface area (Å²) in [6, 6.07) is -0.532. The predicted molar refractivity (Wildman–Crippen MR) is 188 cm³/mol. The van der Waals surface area contributed by atoms with Crippen molar-refractivity contribution in [2.45, 2.75) is 185 Å². The third-order valence-corrected chi connectivity index (χ3v) is 11.9. The van der Waals surface area contributed by atoms with Crippen molar-refractivity contribution in [2.24, 2.45) is 22.7 Å². The number of aliphatic hydroxyl groups excluding tert-OH is 3. The molecule has 0 aromatic rings. The molecule has 2 bridgehead atoms. The Morgan fingerprint density at radius 1 is 0.941 bits per heavy atom. The topological polar surface area (TPSA) is 178 Å². The number of nitrogens with zero attached hydrogens (tertiary/aromatic N) is 2. The Morgan fingerprint density at radius 2 is 1.59 bits per heavy atom. The van der Waals surface area contributed by atoms with Crippen LogP contribution in [-0.4, -0.2) is 149 Å². The highest BCUT2D eigenvalue weighted by atomic mass is 16.7. The molecule has 0 saturated carbocycles. The van der Waals surface area contributed by atoms with E-state index in [1.807, 2.05) is 46.7 Å². The van der Waals surface area contributed by atoms with Gasteiger partial charge in [0, 0.05) is 31.9 Å². The summed E-state index contributed by atoms with van der Waals surface area (Å²) >= 11 is 0. The molecule has 3 fully saturated rings. The molecule has 4 heterocycles. The van der Waals surface area contributed by atoms with Crippen molar-refractivity contribution in [3.63, 3.8) is 0 Å². The first-order valence-corrected chi connectivity index (χ1v) is 18.7. The first-order chi connectivity index (χ1) is 23.6. The van der Waals surface area contributed by atoms with E-state index in [4.69, 9.17) is 38.2 Å². The highest BCUT2D eigenvalue weighted by Crippen LogP contribution is 2.43. The molecule has 1 unspecified atom stereocenters. The minimum Gasteiger partial charge on any atom is -0.472 e. The number of hydrogen-bond acceptors (Lipinski definition) is 14. The molecule has 14 heteroatoms. The van der Waals surface area contributed by atoms with Gasteiger partial charge in [0.2, 0.25) is 0 Å². The lowest BCUT2D eigenvalue weighted by Gasteiger charge is -2.50. The lowest BCUT2D eigenvalue weighted by Crippen LogP contribution is -2.62. The Balaban J connectivity index is 1.87. The maximum Gasteiger partial charge on any atom is 0.311 e. The summed E-state index contributed by atoms with van der Waals surface area (Å²) in [4.78, 5) is 20.9. The van der Waals surface area contributed by atoms with Gasteiger partial charge >= 0.3 is 5.97 Å². The van der Waals surface area contributed by atoms with Gasteiger partial charge in [-0.05, 0) is 75.4 Å². The van der Waals surface area contributed by atoms with Gasteiger partial charge in [-0.1, -0.05) is 20.8 Å². The van der Waals surface area contributed by atoms with Crippen LogP contribution in [0.15, 0.2) is 4.99 Å². The van der Waals surface area contributed by atoms with Crippen LogP contribution in [0.1, 0.15) is 94.9 Å². The van der Waals surface area contributed by atoms with Gasteiger partial charge < -0.3 is 58.5 Å². The lowest BCUT2D eigenvalue weighted by atomic mass is 9.78. The fourth-order valence-electron chi connectivity index (χ4n) is 8.63. The van der Waals surface area contributed by atoms with E-state index < -0.39 is 95.8 Å². The van der Waals surface area contributed by atoms with Gasteiger partial charge in [-0.3, -0.25) is 9.79 Å². The molecule has 14 nitrogen and oxygen atoms in total. The van der Waals surface area contributed by atoms with Crippen LogP contribution < -0.4 is 0 Å². The van der Waals surface area contributed by atoms with Crippen molar-refractivity contribution in [3.8, 4) is 0 Å². The molecule has 0 aromatic heterocycles. The number of cyclic esters (lactones) is 1. The monoisotopic (exact) mass is 730 g/mol. The number of rotatable bonds is 7. The van der Waals surface area contributed by atoms with E-state index in [-0.39, 0.29) is 36.9 Å². The summed E-state index contributed by atoms with van der Waals surface area (Å²) in [6.45, 7) is 17.8. The van der Waals surface area contributed by atoms with Gasteiger partial charge in [0.15, 0.2) is 18.5 Å². The van der Waals surface area contributed by atoms with E-state index >= 15 is 0 Å². The van der Waals surface area contributed by atoms with Crippen molar-refractivity contribution in [3.05, 3.63) is 0 Å². The zero-order valence-electron chi connectivity index (χ0n) is 32.9. The number of aliphatic hydroxyl groups is 4. The van der Waals surface area contributed by atoms with E-state index in [9.17, 15) is 25.2 Å². The first kappa shape index (κ1) is 42.3. The maximum atomic E-state index is 14.2. The summed E-state index contributed by atoms with van der Waals surface area (Å²) in [6.07, 6.45) is -7.72. The number of methoxy groups -OCH3 is 1. The van der Waals surface area contributed by atoms with Crippen LogP contribution in [0.2, 0.25) is 0 Å². The van der Waals surface area contributed by atoms with Crippen LogP contribution in [-0.2, 0) is 38.0 Å². The van der Waals surface area contributed by atoms with Crippen LogP contribution in [0.25, 0.3) is 0 Å². The van der Waals surface area contributed by atoms with Crippen LogP contribution in [0.4, 0.5) is 0 Å². The number of ether oxygens (including phenoxy) is 7. The molecule has 296 valence electrons. The average molecular weight is 731 g/mol. The number of esters is 1. The predicted octanol–water partition coefficient (Wildman–Crippen LogP) is 2.41. The molecule has 0 spiro atoms. The highest BCUT2D eigenvalue weighted by Gasteiger charge is 2.55. The number of carbonyl (C=O) groups excluding carboxylic acids is 1. The average Bonchev–Trinajstić information content (AvgIpc) is 3.06. The standard InChI is InChI=1S/C37H66N2O12/c1-14-25-37(10,44)29(41)22(6)32-38-18(2)16-36(9,51-32)31(50-34-27(40)24(39(11)12)15-19(3)46-34)20(4)28(21(5)33(43)48-25)49-26-17-35(8,45-13)30(42)23(7)47-26/h18-31,34,40-42,44H,14-17H2,1-13H3/t18-,19-,20+,21-,22-,23+,24+,25-,26+,27-,28+,29-,30+,31-,34+,35-,36-,37?/m1/s1. The Kier molecular flexibility index (Phi) is 13.4. The molecule has 51 heavy (non-hydrogen) atoms. The van der Waals surface area contributed by atoms with E-state index in [0.29, 0.717) is 12.8 Å². The normalized spacial score (nSPS) is 50.3. The Labute approximate surface area is 304 Å². The minimum atomic E-state index is -1.87. The van der Waals surface area contributed by atoms with Crippen LogP contribution in [0, 0.1) is 17.8 Å². The molecular weight excluding hydrogens is 664 g/mol. The van der Waals surface area contributed by atoms with Gasteiger partial charge in [-0.25, -0.2) is 0 Å². The molecule has 4 N–H and O–H groups in total. The van der Waals surface area contributed by atoms with Crippen molar-refractivity contribution in [2.75, 3.05) is 21.2 Å². The van der Waals surface area contributed by atoms with Gasteiger partial charge in [0.25, 0.3) is 0 Å². The van der Waals surface area contributed by atoms with E-state index in [0.717, 1.165) is 0 Å². The molecule has 0 amide bonds. The van der Waals surface area contributed by atoms with Gasteiger partial charge in [0.05, 0.1) is 47.9 Å². The van der Waals surface area contributed by atoms with E-state index in [1.54, 1.807) is 34.6 Å². The molecule has 0 aromatic carbocycles. The molecule has 4 aliphatic heterocycles. The molecule has 0 radical (unpaired) electrons. The third-order valence-electron chi connectivity index (χ3n) is 11.9. The molecular formula is C37H66N2O12. The Hall–Kier alpha value is -1.46. The number of aliphatic imine (C=N–C) groups is 1. The number of likely N-dealkylation sites (N-methyl/N-ethyl adjacent to an activating group) is 1. The zero-order chi connectivity index (χ0) is 38.4. The second-order valence-electron chi connectivity index (χ2n) is 16.5. The third kappa shape index (κ3) is 8.60. The number of hydrogen-bond donors (Lipinski definition) is 4. The first-order valence-electron chi connectivity index (χ1n) is 18.7. The summed E-state index contributed by atoms with van der Waals surface area (Å²) in [5.74, 6) is -2.80. The van der Waals surface area contributed by atoms with E-state index in [1.165, 1.54) is 14.0 Å². The largest absolute Gasteiger partial charge is 0.472 e. The second-order valence-corrected chi connectivity index (χ2v) is 16.5. The molecule has 18 atom stereocenters. The number of carbonyl (C=O) groups is 1. The summed E-state index contributed by atoms with van der Waals surface area (Å²) < 4.78 is 44.7. The summed E-state index contributed by atoms with van der Waals surface area (Å²) in [5, 5.41) is 45.9. The SMILES string of the molecule is CC[C@H]1OC(=O)[C@H](C)[C@@H](O[C@H]2C[C@@](C)(OC)[C@@H](O)[C@H](C)O2)[C@H](C)[C@@H](O[C@@H]2O[C@H](C)C[C@H](N(C)C)[C@H]2O)[C@@]2(C)C[C@@H](C)N=C(O2)[C@H](C)[C@@H](O)C1(C)O. The lowest BCUT2D eigenvalue weighted by molar-refractivity contribution is -0.317. The maximum absolute atomic E-state index is 14.2. The molecule has 0 aliphatic carbocycles. The Morgan fingerprint density at radius 3 is 2.18 bits per heavy atom. The van der Waals surface area contributed by atoms with Gasteiger partial charge in [-0.15, -0.1) is 0 Å². The molecule has 3 saturated heterocycles. The van der Waals surface area contributed by atoms with Gasteiger partial charge in [0.1, 0.15) is 35.6 Å². The van der Waals surface area contributed by atoms with Crippen molar-refractivity contribution in [1.82, 2.24) is 4.90 Å².